The number of halogens is 1. The van der Waals surface area contributed by atoms with E-state index in [-0.39, 0.29) is 11.6 Å². The zero-order valence-electron chi connectivity index (χ0n) is 13.9. The molecule has 0 aliphatic heterocycles. The van der Waals surface area contributed by atoms with Crippen LogP contribution in [0.4, 0.5) is 17.3 Å². The molecule has 2 aromatic carbocycles. The molecule has 1 heterocycles. The SMILES string of the molecule is Cc1ccc(Nc2nccc(C(=O)Nc3cccc(Cl)c3)n2)c(C)c1. The maximum atomic E-state index is 12.4. The topological polar surface area (TPSA) is 66.9 Å². The lowest BCUT2D eigenvalue weighted by Gasteiger charge is -2.10. The summed E-state index contributed by atoms with van der Waals surface area (Å²) in [7, 11) is 0. The highest BCUT2D eigenvalue weighted by Crippen LogP contribution is 2.20. The second kappa shape index (κ2) is 7.32. The lowest BCUT2D eigenvalue weighted by atomic mass is 10.1. The number of rotatable bonds is 4. The molecule has 126 valence electrons. The minimum Gasteiger partial charge on any atom is -0.324 e. The van der Waals surface area contributed by atoms with E-state index < -0.39 is 0 Å². The summed E-state index contributed by atoms with van der Waals surface area (Å²) < 4.78 is 0. The number of nitrogens with one attached hydrogen (secondary N) is 2. The molecule has 0 aliphatic carbocycles. The number of carbonyl (C=O) groups excluding carboxylic acids is 1. The molecule has 25 heavy (non-hydrogen) atoms. The van der Waals surface area contributed by atoms with Crippen LogP contribution in [-0.4, -0.2) is 15.9 Å². The van der Waals surface area contributed by atoms with Gasteiger partial charge in [-0.15, -0.1) is 0 Å². The molecule has 0 unspecified atom stereocenters. The molecule has 0 saturated carbocycles. The number of anilines is 3. The van der Waals surface area contributed by atoms with Gasteiger partial charge in [0.1, 0.15) is 5.69 Å². The summed E-state index contributed by atoms with van der Waals surface area (Å²) in [6, 6.07) is 14.6. The first-order valence-corrected chi connectivity index (χ1v) is 8.13. The first-order chi connectivity index (χ1) is 12.0. The van der Waals surface area contributed by atoms with Gasteiger partial charge in [-0.2, -0.15) is 0 Å². The van der Waals surface area contributed by atoms with Crippen molar-refractivity contribution in [3.05, 3.63) is 76.6 Å². The normalized spacial score (nSPS) is 10.4. The molecule has 0 bridgehead atoms. The number of aryl methyl sites for hydroxylation is 2. The standard InChI is InChI=1S/C19H17ClN4O/c1-12-6-7-16(13(2)10-12)23-19-21-9-8-17(24-19)18(25)22-15-5-3-4-14(20)11-15/h3-11H,1-2H3,(H,22,25)(H,21,23,24). The van der Waals surface area contributed by atoms with Crippen LogP contribution in [0.5, 0.6) is 0 Å². The van der Waals surface area contributed by atoms with Gasteiger partial charge in [-0.3, -0.25) is 4.79 Å². The van der Waals surface area contributed by atoms with Gasteiger partial charge in [-0.25, -0.2) is 9.97 Å². The van der Waals surface area contributed by atoms with Crippen molar-refractivity contribution < 1.29 is 4.79 Å². The molecular weight excluding hydrogens is 336 g/mol. The van der Waals surface area contributed by atoms with E-state index in [1.54, 1.807) is 36.5 Å². The lowest BCUT2D eigenvalue weighted by molar-refractivity contribution is 0.102. The Morgan fingerprint density at radius 2 is 1.92 bits per heavy atom. The fourth-order valence-corrected chi connectivity index (χ4v) is 2.57. The van der Waals surface area contributed by atoms with E-state index in [1.807, 2.05) is 26.0 Å². The third-order valence-corrected chi connectivity index (χ3v) is 3.83. The molecule has 6 heteroatoms. The lowest BCUT2D eigenvalue weighted by Crippen LogP contribution is -2.14. The van der Waals surface area contributed by atoms with Crippen LogP contribution in [0.15, 0.2) is 54.7 Å². The Hall–Kier alpha value is -2.92. The number of nitrogens with zero attached hydrogens (tertiary/aromatic N) is 2. The van der Waals surface area contributed by atoms with Crippen LogP contribution >= 0.6 is 11.6 Å². The Balaban J connectivity index is 1.77. The molecule has 0 fully saturated rings. The van der Waals surface area contributed by atoms with Crippen molar-refractivity contribution in [3.8, 4) is 0 Å². The number of amides is 1. The van der Waals surface area contributed by atoms with Crippen molar-refractivity contribution in [3.63, 3.8) is 0 Å². The van der Waals surface area contributed by atoms with E-state index in [2.05, 4.69) is 26.7 Å². The minimum atomic E-state index is -0.326. The van der Waals surface area contributed by atoms with E-state index in [0.717, 1.165) is 11.3 Å². The Morgan fingerprint density at radius 3 is 2.68 bits per heavy atom. The summed E-state index contributed by atoms with van der Waals surface area (Å²) in [4.78, 5) is 20.8. The van der Waals surface area contributed by atoms with Gasteiger partial charge in [-0.1, -0.05) is 35.4 Å². The zero-order chi connectivity index (χ0) is 17.8. The molecule has 0 radical (unpaired) electrons. The van der Waals surface area contributed by atoms with Crippen LogP contribution in [-0.2, 0) is 0 Å². The fourth-order valence-electron chi connectivity index (χ4n) is 2.38. The maximum absolute atomic E-state index is 12.4. The summed E-state index contributed by atoms with van der Waals surface area (Å²) in [6.45, 7) is 4.04. The Bertz CT molecular complexity index is 927. The summed E-state index contributed by atoms with van der Waals surface area (Å²) in [5.41, 5.74) is 4.04. The van der Waals surface area contributed by atoms with Gasteiger partial charge in [0.15, 0.2) is 0 Å². The average Bonchev–Trinajstić information content (AvgIpc) is 2.58. The molecule has 3 rings (SSSR count). The molecule has 0 aliphatic rings. The van der Waals surface area contributed by atoms with Crippen molar-refractivity contribution in [1.29, 1.82) is 0 Å². The number of hydrogen-bond donors (Lipinski definition) is 2. The van der Waals surface area contributed by atoms with Gasteiger partial charge in [0.2, 0.25) is 5.95 Å². The third-order valence-electron chi connectivity index (χ3n) is 3.60. The number of carbonyl (C=O) groups is 1. The fraction of sp³-hybridized carbons (Fsp3) is 0.105. The van der Waals surface area contributed by atoms with Crippen molar-refractivity contribution in [2.45, 2.75) is 13.8 Å². The van der Waals surface area contributed by atoms with E-state index in [1.165, 1.54) is 5.56 Å². The van der Waals surface area contributed by atoms with E-state index in [0.29, 0.717) is 16.7 Å². The Labute approximate surface area is 151 Å². The summed E-state index contributed by atoms with van der Waals surface area (Å²) in [5.74, 6) is 0.0408. The van der Waals surface area contributed by atoms with E-state index in [4.69, 9.17) is 11.6 Å². The molecule has 1 aromatic heterocycles. The molecule has 5 nitrogen and oxygen atoms in total. The second-order valence-electron chi connectivity index (χ2n) is 5.67. The van der Waals surface area contributed by atoms with Gasteiger partial charge in [0.25, 0.3) is 5.91 Å². The van der Waals surface area contributed by atoms with E-state index in [9.17, 15) is 4.79 Å². The van der Waals surface area contributed by atoms with Gasteiger partial charge >= 0.3 is 0 Å². The van der Waals surface area contributed by atoms with Crippen molar-refractivity contribution in [1.82, 2.24) is 9.97 Å². The molecule has 2 N–H and O–H groups in total. The van der Waals surface area contributed by atoms with Gasteiger partial charge < -0.3 is 10.6 Å². The summed E-state index contributed by atoms with van der Waals surface area (Å²) in [6.07, 6.45) is 1.55. The summed E-state index contributed by atoms with van der Waals surface area (Å²) in [5, 5.41) is 6.47. The van der Waals surface area contributed by atoms with Gasteiger partial charge in [0.05, 0.1) is 0 Å². The predicted octanol–water partition coefficient (Wildman–Crippen LogP) is 4.74. The molecule has 3 aromatic rings. The quantitative estimate of drug-likeness (QED) is 0.711. The van der Waals surface area contributed by atoms with Crippen LogP contribution in [0, 0.1) is 13.8 Å². The zero-order valence-corrected chi connectivity index (χ0v) is 14.6. The molecule has 0 spiro atoms. The van der Waals surface area contributed by atoms with Crippen LogP contribution < -0.4 is 10.6 Å². The first kappa shape index (κ1) is 16.9. The monoisotopic (exact) mass is 352 g/mol. The highest BCUT2D eigenvalue weighted by molar-refractivity contribution is 6.30. The van der Waals surface area contributed by atoms with Crippen LogP contribution in [0.2, 0.25) is 5.02 Å². The highest BCUT2D eigenvalue weighted by Gasteiger charge is 2.10. The Morgan fingerprint density at radius 1 is 1.08 bits per heavy atom. The van der Waals surface area contributed by atoms with Crippen molar-refractivity contribution in [2.75, 3.05) is 10.6 Å². The second-order valence-corrected chi connectivity index (χ2v) is 6.11. The maximum Gasteiger partial charge on any atom is 0.274 e. The Kier molecular flexibility index (Phi) is 4.95. The molecule has 1 amide bonds. The molecular formula is C19H17ClN4O. The van der Waals surface area contributed by atoms with Gasteiger partial charge in [-0.05, 0) is 49.7 Å². The number of benzene rings is 2. The number of aromatic nitrogens is 2. The van der Waals surface area contributed by atoms with E-state index >= 15 is 0 Å². The average molecular weight is 353 g/mol. The predicted molar refractivity (Wildman–Crippen MR) is 101 cm³/mol. The summed E-state index contributed by atoms with van der Waals surface area (Å²) >= 11 is 5.93. The van der Waals surface area contributed by atoms with Crippen LogP contribution in [0.25, 0.3) is 0 Å². The molecule has 0 atom stereocenters. The van der Waals surface area contributed by atoms with Crippen LogP contribution in [0.3, 0.4) is 0 Å². The largest absolute Gasteiger partial charge is 0.324 e. The van der Waals surface area contributed by atoms with Crippen molar-refractivity contribution >= 4 is 34.8 Å². The third kappa shape index (κ3) is 4.33. The van der Waals surface area contributed by atoms with Crippen LogP contribution in [0.1, 0.15) is 21.6 Å². The van der Waals surface area contributed by atoms with Crippen molar-refractivity contribution in [2.24, 2.45) is 0 Å². The smallest absolute Gasteiger partial charge is 0.274 e. The first-order valence-electron chi connectivity index (χ1n) is 7.75. The molecule has 0 saturated heterocycles. The highest BCUT2D eigenvalue weighted by atomic mass is 35.5. The number of hydrogen-bond acceptors (Lipinski definition) is 4. The minimum absolute atomic E-state index is 0.266. The van der Waals surface area contributed by atoms with Gasteiger partial charge in [0, 0.05) is 22.6 Å².